The molecular weight excluding hydrogens is 354 g/mol. The molecule has 1 aliphatic heterocycles. The van der Waals surface area contributed by atoms with E-state index >= 15 is 0 Å². The minimum absolute atomic E-state index is 0. The zero-order chi connectivity index (χ0) is 18.9. The van der Waals surface area contributed by atoms with E-state index in [-0.39, 0.29) is 12.4 Å². The van der Waals surface area contributed by atoms with Gasteiger partial charge in [0.2, 0.25) is 0 Å². The number of unbranched alkanes of at least 4 members (excludes halogenated alkanes) is 13. The van der Waals surface area contributed by atoms with Crippen LogP contribution in [0.5, 0.6) is 0 Å². The minimum atomic E-state index is 0. The Morgan fingerprint density at radius 1 is 0.704 bits per heavy atom. The average molecular weight is 404 g/mol. The number of halogens is 1. The van der Waals surface area contributed by atoms with Gasteiger partial charge in [-0.25, -0.2) is 0 Å². The fourth-order valence-electron chi connectivity index (χ4n) is 4.27. The molecule has 2 nitrogen and oxygen atoms in total. The molecule has 0 aliphatic carbocycles. The maximum absolute atomic E-state index is 5.48. The van der Waals surface area contributed by atoms with Gasteiger partial charge in [0.1, 0.15) is 0 Å². The lowest BCUT2D eigenvalue weighted by atomic mass is 10.00. The van der Waals surface area contributed by atoms with Crippen molar-refractivity contribution in [3.63, 3.8) is 0 Å². The Labute approximate surface area is 177 Å². The van der Waals surface area contributed by atoms with E-state index in [0.717, 1.165) is 12.6 Å². The molecule has 27 heavy (non-hydrogen) atoms. The van der Waals surface area contributed by atoms with Gasteiger partial charge in [-0.3, -0.25) is 0 Å². The van der Waals surface area contributed by atoms with E-state index in [4.69, 9.17) is 4.74 Å². The molecule has 1 fully saturated rings. The van der Waals surface area contributed by atoms with Gasteiger partial charge in [-0.1, -0.05) is 111 Å². The van der Waals surface area contributed by atoms with Crippen molar-refractivity contribution in [3.05, 3.63) is 0 Å². The third kappa shape index (κ3) is 15.8. The molecule has 1 aliphatic rings. The summed E-state index contributed by atoms with van der Waals surface area (Å²) in [6.07, 6.45) is 23.5. The molecule has 1 rings (SSSR count). The summed E-state index contributed by atoms with van der Waals surface area (Å²) < 4.78 is 5.48. The molecule has 0 amide bonds. The summed E-state index contributed by atoms with van der Waals surface area (Å²) >= 11 is 0. The SMILES string of the molecule is CCCCCCCCCCCCCCCCC(CC1CO1)N(CC)CC.Cl. The van der Waals surface area contributed by atoms with Crippen LogP contribution in [0.25, 0.3) is 0 Å². The van der Waals surface area contributed by atoms with Gasteiger partial charge in [0.05, 0.1) is 12.7 Å². The molecule has 0 bridgehead atoms. The second-order valence-electron chi connectivity index (χ2n) is 8.45. The maximum atomic E-state index is 5.48. The quantitative estimate of drug-likeness (QED) is 0.152. The molecule has 2 atom stereocenters. The molecule has 164 valence electrons. The van der Waals surface area contributed by atoms with E-state index < -0.39 is 0 Å². The predicted octanol–water partition coefficient (Wildman–Crippen LogP) is 7.78. The lowest BCUT2D eigenvalue weighted by molar-refractivity contribution is 0.179. The smallest absolute Gasteiger partial charge is 0.0824 e. The van der Waals surface area contributed by atoms with Crippen LogP contribution in [0.2, 0.25) is 0 Å². The molecule has 0 aromatic carbocycles. The van der Waals surface area contributed by atoms with Crippen molar-refractivity contribution in [2.45, 2.75) is 136 Å². The van der Waals surface area contributed by atoms with Crippen LogP contribution >= 0.6 is 12.4 Å². The molecular formula is C24H50ClNO. The molecule has 0 N–H and O–H groups in total. The number of hydrogen-bond donors (Lipinski definition) is 0. The normalized spacial score (nSPS) is 17.1. The zero-order valence-corrected chi connectivity index (χ0v) is 19.7. The lowest BCUT2D eigenvalue weighted by Gasteiger charge is -2.29. The van der Waals surface area contributed by atoms with Crippen molar-refractivity contribution in [1.29, 1.82) is 0 Å². The van der Waals surface area contributed by atoms with Gasteiger partial charge in [-0.15, -0.1) is 12.4 Å². The molecule has 1 heterocycles. The highest BCUT2D eigenvalue weighted by atomic mass is 35.5. The number of rotatable bonds is 20. The highest BCUT2D eigenvalue weighted by Gasteiger charge is 2.28. The molecule has 1 saturated heterocycles. The summed E-state index contributed by atoms with van der Waals surface area (Å²) in [5, 5.41) is 0. The highest BCUT2D eigenvalue weighted by molar-refractivity contribution is 5.85. The van der Waals surface area contributed by atoms with E-state index in [1.165, 1.54) is 116 Å². The maximum Gasteiger partial charge on any atom is 0.0824 e. The van der Waals surface area contributed by atoms with Crippen molar-refractivity contribution < 1.29 is 4.74 Å². The first-order valence-electron chi connectivity index (χ1n) is 12.2. The Bertz CT molecular complexity index is 292. The van der Waals surface area contributed by atoms with Crippen LogP contribution in [-0.2, 0) is 4.74 Å². The first-order valence-corrected chi connectivity index (χ1v) is 12.2. The van der Waals surface area contributed by atoms with Gasteiger partial charge in [0.15, 0.2) is 0 Å². The summed E-state index contributed by atoms with van der Waals surface area (Å²) in [6.45, 7) is 10.3. The van der Waals surface area contributed by atoms with Crippen LogP contribution < -0.4 is 0 Å². The van der Waals surface area contributed by atoms with Crippen LogP contribution in [0.1, 0.15) is 124 Å². The predicted molar refractivity (Wildman–Crippen MR) is 123 cm³/mol. The van der Waals surface area contributed by atoms with Crippen LogP contribution in [0.15, 0.2) is 0 Å². The summed E-state index contributed by atoms with van der Waals surface area (Å²) in [7, 11) is 0. The van der Waals surface area contributed by atoms with E-state index in [2.05, 4.69) is 25.7 Å². The van der Waals surface area contributed by atoms with Crippen molar-refractivity contribution in [3.8, 4) is 0 Å². The summed E-state index contributed by atoms with van der Waals surface area (Å²) in [5.41, 5.74) is 0. The first kappa shape index (κ1) is 27.2. The van der Waals surface area contributed by atoms with Crippen molar-refractivity contribution in [2.75, 3.05) is 19.7 Å². The van der Waals surface area contributed by atoms with E-state index in [0.29, 0.717) is 6.10 Å². The van der Waals surface area contributed by atoms with Crippen molar-refractivity contribution in [1.82, 2.24) is 4.90 Å². The van der Waals surface area contributed by atoms with Crippen molar-refractivity contribution in [2.24, 2.45) is 0 Å². The molecule has 0 radical (unpaired) electrons. The van der Waals surface area contributed by atoms with Crippen LogP contribution in [0, 0.1) is 0 Å². The Morgan fingerprint density at radius 2 is 1.11 bits per heavy atom. The van der Waals surface area contributed by atoms with Gasteiger partial charge in [0, 0.05) is 6.04 Å². The third-order valence-electron chi connectivity index (χ3n) is 6.16. The van der Waals surface area contributed by atoms with Gasteiger partial charge in [-0.2, -0.15) is 0 Å². The van der Waals surface area contributed by atoms with Crippen LogP contribution in [-0.4, -0.2) is 36.7 Å². The number of epoxide rings is 1. The Balaban J connectivity index is 0.00000676. The molecule has 2 unspecified atom stereocenters. The van der Waals surface area contributed by atoms with Crippen LogP contribution in [0.3, 0.4) is 0 Å². The highest BCUT2D eigenvalue weighted by Crippen LogP contribution is 2.23. The first-order chi connectivity index (χ1) is 12.8. The number of hydrogen-bond acceptors (Lipinski definition) is 2. The fourth-order valence-corrected chi connectivity index (χ4v) is 4.27. The minimum Gasteiger partial charge on any atom is -0.373 e. The Kier molecular flexibility index (Phi) is 19.7. The molecule has 0 aromatic rings. The van der Waals surface area contributed by atoms with Gasteiger partial charge >= 0.3 is 0 Å². The lowest BCUT2D eigenvalue weighted by Crippen LogP contribution is -2.36. The van der Waals surface area contributed by atoms with E-state index in [1.54, 1.807) is 0 Å². The Hall–Kier alpha value is 0.210. The van der Waals surface area contributed by atoms with E-state index in [9.17, 15) is 0 Å². The largest absolute Gasteiger partial charge is 0.373 e. The topological polar surface area (TPSA) is 15.8 Å². The van der Waals surface area contributed by atoms with E-state index in [1.807, 2.05) is 0 Å². The molecule has 0 aromatic heterocycles. The molecule has 3 heteroatoms. The molecule has 0 spiro atoms. The Morgan fingerprint density at radius 3 is 1.48 bits per heavy atom. The van der Waals surface area contributed by atoms with Crippen LogP contribution in [0.4, 0.5) is 0 Å². The third-order valence-corrected chi connectivity index (χ3v) is 6.16. The summed E-state index contributed by atoms with van der Waals surface area (Å²) in [5.74, 6) is 0. The van der Waals surface area contributed by atoms with Gasteiger partial charge in [0.25, 0.3) is 0 Å². The number of nitrogens with zero attached hydrogens (tertiary/aromatic N) is 1. The van der Waals surface area contributed by atoms with Crippen molar-refractivity contribution >= 4 is 12.4 Å². The second-order valence-corrected chi connectivity index (χ2v) is 8.45. The zero-order valence-electron chi connectivity index (χ0n) is 18.9. The monoisotopic (exact) mass is 403 g/mol. The average Bonchev–Trinajstić information content (AvgIpc) is 3.46. The van der Waals surface area contributed by atoms with Gasteiger partial charge in [-0.05, 0) is 25.9 Å². The number of ether oxygens (including phenoxy) is 1. The van der Waals surface area contributed by atoms with Gasteiger partial charge < -0.3 is 9.64 Å². The summed E-state index contributed by atoms with van der Waals surface area (Å²) in [4.78, 5) is 2.64. The second kappa shape index (κ2) is 19.5. The standard InChI is InChI=1S/C24H49NO.ClH/c1-4-7-8-9-10-11-12-13-14-15-16-17-18-19-20-23(21-24-22-26-24)25(5-2)6-3;/h23-24H,4-22H2,1-3H3;1H. The summed E-state index contributed by atoms with van der Waals surface area (Å²) in [6, 6.07) is 0.759. The molecule has 0 saturated carbocycles. The fraction of sp³-hybridized carbons (Fsp3) is 1.00.